The van der Waals surface area contributed by atoms with Gasteiger partial charge in [-0.05, 0) is 4.73 Å². The lowest BCUT2D eigenvalue weighted by molar-refractivity contribution is -0.671. The molecule has 0 amide bonds. The molecular formula is C6H9BrN2O2. The van der Waals surface area contributed by atoms with Crippen LogP contribution in [0.2, 0.25) is 0 Å². The van der Waals surface area contributed by atoms with Gasteiger partial charge in [0.05, 0.1) is 7.05 Å². The third-order valence-electron chi connectivity index (χ3n) is 0.979. The topological polar surface area (TPSA) is 35.1 Å². The van der Waals surface area contributed by atoms with Crippen LogP contribution in [0.5, 0.6) is 0 Å². The summed E-state index contributed by atoms with van der Waals surface area (Å²) in [5.74, 6) is -0.323. The number of carbonyl (C=O) groups is 1. The van der Waals surface area contributed by atoms with E-state index < -0.39 is 0 Å². The summed E-state index contributed by atoms with van der Waals surface area (Å²) in [7, 11) is 1.85. The van der Waals surface area contributed by atoms with E-state index in [0.717, 1.165) is 0 Å². The van der Waals surface area contributed by atoms with Crippen molar-refractivity contribution in [2.45, 2.75) is 6.92 Å². The summed E-state index contributed by atoms with van der Waals surface area (Å²) in [4.78, 5) is 15.1. The number of aryl methyl sites for hydroxylation is 1. The Bertz CT molecular complexity index is 246. The van der Waals surface area contributed by atoms with Gasteiger partial charge in [0.25, 0.3) is 6.33 Å². The SMILES string of the molecule is CC(=O)On1cc[n+](C)c1.[Br-]. The average molecular weight is 221 g/mol. The number of imidazole rings is 1. The van der Waals surface area contributed by atoms with Crippen LogP contribution in [0.1, 0.15) is 6.92 Å². The van der Waals surface area contributed by atoms with Crippen LogP contribution < -0.4 is 26.4 Å². The lowest BCUT2D eigenvalue weighted by atomic mass is 10.8. The van der Waals surface area contributed by atoms with Gasteiger partial charge in [0, 0.05) is 6.92 Å². The van der Waals surface area contributed by atoms with Gasteiger partial charge in [-0.2, -0.15) is 0 Å². The van der Waals surface area contributed by atoms with Gasteiger partial charge in [-0.1, -0.05) is 0 Å². The van der Waals surface area contributed by atoms with Gasteiger partial charge in [-0.15, -0.1) is 0 Å². The Hall–Kier alpha value is -0.840. The minimum absolute atomic E-state index is 0. The van der Waals surface area contributed by atoms with E-state index in [9.17, 15) is 4.79 Å². The molecule has 0 saturated heterocycles. The maximum Gasteiger partial charge on any atom is 0.354 e. The molecule has 5 heteroatoms. The van der Waals surface area contributed by atoms with E-state index in [1.54, 1.807) is 23.3 Å². The lowest BCUT2D eigenvalue weighted by Gasteiger charge is -1.88. The van der Waals surface area contributed by atoms with Crippen LogP contribution in [0.3, 0.4) is 0 Å². The van der Waals surface area contributed by atoms with Crippen molar-refractivity contribution in [1.29, 1.82) is 0 Å². The van der Waals surface area contributed by atoms with E-state index in [2.05, 4.69) is 0 Å². The quantitative estimate of drug-likeness (QED) is 0.457. The minimum Gasteiger partial charge on any atom is -1.00 e. The number of rotatable bonds is 1. The monoisotopic (exact) mass is 220 g/mol. The first kappa shape index (κ1) is 10.2. The Balaban J connectivity index is 0.000001000. The van der Waals surface area contributed by atoms with E-state index in [4.69, 9.17) is 4.84 Å². The summed E-state index contributed by atoms with van der Waals surface area (Å²) in [6, 6.07) is 0. The van der Waals surface area contributed by atoms with Crippen molar-refractivity contribution in [1.82, 2.24) is 4.73 Å². The summed E-state index contributed by atoms with van der Waals surface area (Å²) >= 11 is 0. The molecule has 62 valence electrons. The third kappa shape index (κ3) is 3.18. The fraction of sp³-hybridized carbons (Fsp3) is 0.333. The number of hydrogen-bond acceptors (Lipinski definition) is 2. The van der Waals surface area contributed by atoms with Gasteiger partial charge in [0.1, 0.15) is 6.20 Å². The summed E-state index contributed by atoms with van der Waals surface area (Å²) in [5.41, 5.74) is 0. The number of halogens is 1. The Morgan fingerprint density at radius 1 is 1.64 bits per heavy atom. The van der Waals surface area contributed by atoms with E-state index in [-0.39, 0.29) is 23.0 Å². The Labute approximate surface area is 75.1 Å². The van der Waals surface area contributed by atoms with Crippen LogP contribution in [0, 0.1) is 0 Å². The van der Waals surface area contributed by atoms with Crippen LogP contribution in [-0.4, -0.2) is 10.7 Å². The highest BCUT2D eigenvalue weighted by atomic mass is 79.9. The molecule has 0 spiro atoms. The van der Waals surface area contributed by atoms with Crippen LogP contribution in [0.15, 0.2) is 18.7 Å². The zero-order valence-electron chi connectivity index (χ0n) is 6.32. The van der Waals surface area contributed by atoms with Gasteiger partial charge in [-0.3, -0.25) is 4.84 Å². The highest BCUT2D eigenvalue weighted by Crippen LogP contribution is 1.77. The molecule has 1 rings (SSSR count). The number of carbonyl (C=O) groups excluding carboxylic acids is 1. The molecular weight excluding hydrogens is 212 g/mol. The van der Waals surface area contributed by atoms with Crippen LogP contribution in [0.4, 0.5) is 0 Å². The molecule has 0 aliphatic carbocycles. The molecule has 0 aliphatic rings. The van der Waals surface area contributed by atoms with Crippen molar-refractivity contribution in [3.05, 3.63) is 18.7 Å². The van der Waals surface area contributed by atoms with E-state index in [0.29, 0.717) is 0 Å². The third-order valence-corrected chi connectivity index (χ3v) is 0.979. The normalized spacial score (nSPS) is 8.55. The molecule has 0 aromatic carbocycles. The van der Waals surface area contributed by atoms with Crippen molar-refractivity contribution in [3.63, 3.8) is 0 Å². The lowest BCUT2D eigenvalue weighted by Crippen LogP contribution is -3.00. The number of hydrogen-bond donors (Lipinski definition) is 0. The Morgan fingerprint density at radius 3 is 2.64 bits per heavy atom. The molecule has 0 bridgehead atoms. The summed E-state index contributed by atoms with van der Waals surface area (Å²) in [6.07, 6.45) is 5.09. The fourth-order valence-electron chi connectivity index (χ4n) is 0.630. The predicted molar refractivity (Wildman–Crippen MR) is 32.9 cm³/mol. The highest BCUT2D eigenvalue weighted by molar-refractivity contribution is 5.66. The molecule has 0 atom stereocenters. The second-order valence-electron chi connectivity index (χ2n) is 2.02. The largest absolute Gasteiger partial charge is 1.00 e. The van der Waals surface area contributed by atoms with Gasteiger partial charge in [-0.25, -0.2) is 9.36 Å². The molecule has 0 saturated carbocycles. The Kier molecular flexibility index (Phi) is 3.81. The van der Waals surface area contributed by atoms with Crippen molar-refractivity contribution in [2.75, 3.05) is 0 Å². The Morgan fingerprint density at radius 2 is 2.27 bits per heavy atom. The second kappa shape index (κ2) is 4.12. The minimum atomic E-state index is -0.323. The molecule has 1 aromatic rings. The van der Waals surface area contributed by atoms with Gasteiger partial charge < -0.3 is 17.0 Å². The summed E-state index contributed by atoms with van der Waals surface area (Å²) < 4.78 is 3.13. The molecule has 0 radical (unpaired) electrons. The fourth-order valence-corrected chi connectivity index (χ4v) is 0.630. The van der Waals surface area contributed by atoms with E-state index >= 15 is 0 Å². The van der Waals surface area contributed by atoms with Crippen molar-refractivity contribution >= 4 is 5.97 Å². The molecule has 0 aliphatic heterocycles. The maximum atomic E-state index is 10.4. The predicted octanol–water partition coefficient (Wildman–Crippen LogP) is -3.71. The van der Waals surface area contributed by atoms with Crippen LogP contribution in [0.25, 0.3) is 0 Å². The summed E-state index contributed by atoms with van der Waals surface area (Å²) in [5, 5.41) is 0. The average Bonchev–Trinajstić information content (AvgIpc) is 2.13. The van der Waals surface area contributed by atoms with Crippen molar-refractivity contribution in [2.24, 2.45) is 7.05 Å². The van der Waals surface area contributed by atoms with E-state index in [1.807, 2.05) is 7.05 Å². The van der Waals surface area contributed by atoms with Gasteiger partial charge in [0.15, 0.2) is 6.20 Å². The number of aromatic nitrogens is 2. The zero-order chi connectivity index (χ0) is 7.56. The molecule has 11 heavy (non-hydrogen) atoms. The van der Waals surface area contributed by atoms with Gasteiger partial charge in [0.2, 0.25) is 0 Å². The first-order valence-electron chi connectivity index (χ1n) is 2.90. The maximum absolute atomic E-state index is 10.4. The first-order chi connectivity index (χ1) is 4.68. The first-order valence-corrected chi connectivity index (χ1v) is 2.90. The second-order valence-corrected chi connectivity index (χ2v) is 2.02. The smallest absolute Gasteiger partial charge is 0.354 e. The molecule has 1 aromatic heterocycles. The standard InChI is InChI=1S/C6H9N2O2.BrH/c1-6(9)10-8-4-3-7(2)5-8;/h3-5H,1-2H3;1H/q+1;/p-1. The number of nitrogens with zero attached hydrogens (tertiary/aromatic N) is 2. The molecule has 0 N–H and O–H groups in total. The van der Waals surface area contributed by atoms with Crippen LogP contribution >= 0.6 is 0 Å². The van der Waals surface area contributed by atoms with Crippen molar-refractivity contribution in [3.8, 4) is 0 Å². The summed E-state index contributed by atoms with van der Waals surface area (Å²) in [6.45, 7) is 1.36. The molecule has 0 fully saturated rings. The van der Waals surface area contributed by atoms with Crippen molar-refractivity contribution < 1.29 is 31.2 Å². The zero-order valence-corrected chi connectivity index (χ0v) is 7.91. The van der Waals surface area contributed by atoms with Gasteiger partial charge >= 0.3 is 5.97 Å². The van der Waals surface area contributed by atoms with Crippen LogP contribution in [-0.2, 0) is 11.8 Å². The highest BCUT2D eigenvalue weighted by Gasteiger charge is 2.02. The molecule has 1 heterocycles. The van der Waals surface area contributed by atoms with E-state index in [1.165, 1.54) is 11.7 Å². The molecule has 0 unspecified atom stereocenters. The molecule has 4 nitrogen and oxygen atoms in total.